The first-order chi connectivity index (χ1) is 8.00. The summed E-state index contributed by atoms with van der Waals surface area (Å²) >= 11 is 0. The minimum atomic E-state index is 0.829. The van der Waals surface area contributed by atoms with Crippen molar-refractivity contribution in [1.82, 2.24) is 9.80 Å². The van der Waals surface area contributed by atoms with Crippen LogP contribution >= 0.6 is 0 Å². The van der Waals surface area contributed by atoms with E-state index in [4.69, 9.17) is 0 Å². The molecule has 17 heavy (non-hydrogen) atoms. The van der Waals surface area contributed by atoms with Crippen molar-refractivity contribution in [2.75, 3.05) is 34.7 Å². The van der Waals surface area contributed by atoms with Gasteiger partial charge >= 0.3 is 0 Å². The highest BCUT2D eigenvalue weighted by molar-refractivity contribution is 5.79. The standard InChI is InChI=1S/C14H23N3/c1-12-7-6-8-13(11-12)9-10-15-14(16(2)3)17(4)5/h6-8,11H,9-10H2,1-5H3. The second-order valence-electron chi connectivity index (χ2n) is 4.71. The molecule has 0 aromatic heterocycles. The van der Waals surface area contributed by atoms with E-state index in [9.17, 15) is 0 Å². The lowest BCUT2D eigenvalue weighted by molar-refractivity contribution is 0.479. The van der Waals surface area contributed by atoms with Crippen LogP contribution in [0.25, 0.3) is 0 Å². The van der Waals surface area contributed by atoms with Gasteiger partial charge in [0.2, 0.25) is 0 Å². The molecule has 0 aliphatic heterocycles. The van der Waals surface area contributed by atoms with Crippen molar-refractivity contribution in [3.8, 4) is 0 Å². The van der Waals surface area contributed by atoms with Crippen LogP contribution in [0.1, 0.15) is 11.1 Å². The van der Waals surface area contributed by atoms with Gasteiger partial charge < -0.3 is 9.80 Å². The molecular weight excluding hydrogens is 210 g/mol. The lowest BCUT2D eigenvalue weighted by atomic mass is 10.1. The van der Waals surface area contributed by atoms with Crippen LogP contribution in [-0.2, 0) is 6.42 Å². The Morgan fingerprint density at radius 3 is 2.29 bits per heavy atom. The molecule has 0 saturated carbocycles. The first-order valence-electron chi connectivity index (χ1n) is 5.95. The highest BCUT2D eigenvalue weighted by Gasteiger charge is 2.03. The Hall–Kier alpha value is -1.51. The molecule has 0 bridgehead atoms. The Bertz CT molecular complexity index is 371. The third kappa shape index (κ3) is 4.47. The maximum absolute atomic E-state index is 4.62. The number of guanidine groups is 1. The quantitative estimate of drug-likeness (QED) is 0.587. The fourth-order valence-corrected chi connectivity index (χ4v) is 1.84. The van der Waals surface area contributed by atoms with Crippen LogP contribution in [0.2, 0.25) is 0 Å². The molecule has 0 aliphatic carbocycles. The third-order valence-corrected chi connectivity index (χ3v) is 2.54. The topological polar surface area (TPSA) is 18.8 Å². The Morgan fingerprint density at radius 2 is 1.76 bits per heavy atom. The van der Waals surface area contributed by atoms with E-state index in [0.29, 0.717) is 0 Å². The summed E-state index contributed by atoms with van der Waals surface area (Å²) in [6, 6.07) is 8.61. The van der Waals surface area contributed by atoms with Crippen LogP contribution in [0.15, 0.2) is 29.3 Å². The summed E-state index contributed by atoms with van der Waals surface area (Å²) in [6.45, 7) is 2.95. The van der Waals surface area contributed by atoms with Crippen LogP contribution in [-0.4, -0.2) is 50.5 Å². The molecule has 0 spiro atoms. The smallest absolute Gasteiger partial charge is 0.195 e. The summed E-state index contributed by atoms with van der Waals surface area (Å²) in [5.41, 5.74) is 2.66. The minimum absolute atomic E-state index is 0.829. The average molecular weight is 233 g/mol. The predicted molar refractivity (Wildman–Crippen MR) is 74.6 cm³/mol. The van der Waals surface area contributed by atoms with Gasteiger partial charge in [0.05, 0.1) is 0 Å². The molecule has 1 aromatic rings. The molecule has 3 nitrogen and oxygen atoms in total. The zero-order chi connectivity index (χ0) is 12.8. The van der Waals surface area contributed by atoms with Crippen molar-refractivity contribution in [3.63, 3.8) is 0 Å². The normalized spacial score (nSPS) is 9.94. The van der Waals surface area contributed by atoms with Gasteiger partial charge in [-0.2, -0.15) is 0 Å². The van der Waals surface area contributed by atoms with Crippen molar-refractivity contribution in [1.29, 1.82) is 0 Å². The molecule has 0 atom stereocenters. The lowest BCUT2D eigenvalue weighted by Crippen LogP contribution is -2.35. The van der Waals surface area contributed by atoms with Crippen LogP contribution < -0.4 is 0 Å². The fraction of sp³-hybridized carbons (Fsp3) is 0.500. The SMILES string of the molecule is Cc1cccc(CCN=C(N(C)C)N(C)C)c1. The number of aliphatic imine (C=N–C) groups is 1. The van der Waals surface area contributed by atoms with Gasteiger partial charge in [0.1, 0.15) is 0 Å². The Labute approximate surface area is 105 Å². The van der Waals surface area contributed by atoms with E-state index in [1.165, 1.54) is 11.1 Å². The zero-order valence-corrected chi connectivity index (χ0v) is 11.6. The van der Waals surface area contributed by atoms with E-state index in [0.717, 1.165) is 18.9 Å². The highest BCUT2D eigenvalue weighted by Crippen LogP contribution is 2.05. The van der Waals surface area contributed by atoms with Gasteiger partial charge in [-0.1, -0.05) is 29.8 Å². The summed E-state index contributed by atoms with van der Waals surface area (Å²) in [4.78, 5) is 8.69. The molecule has 0 N–H and O–H groups in total. The van der Waals surface area contributed by atoms with Crippen molar-refractivity contribution in [2.24, 2.45) is 4.99 Å². The van der Waals surface area contributed by atoms with E-state index in [1.54, 1.807) is 0 Å². The molecule has 0 heterocycles. The van der Waals surface area contributed by atoms with Gasteiger partial charge in [-0.3, -0.25) is 4.99 Å². The summed E-state index contributed by atoms with van der Waals surface area (Å²) < 4.78 is 0. The second kappa shape index (κ2) is 6.28. The molecular formula is C14H23N3. The number of aryl methyl sites for hydroxylation is 1. The number of nitrogens with zero attached hydrogens (tertiary/aromatic N) is 3. The fourth-order valence-electron chi connectivity index (χ4n) is 1.84. The van der Waals surface area contributed by atoms with Crippen LogP contribution in [0.4, 0.5) is 0 Å². The van der Waals surface area contributed by atoms with E-state index in [2.05, 4.69) is 36.2 Å². The maximum atomic E-state index is 4.62. The molecule has 0 fully saturated rings. The summed E-state index contributed by atoms with van der Waals surface area (Å²) in [5, 5.41) is 0. The van der Waals surface area contributed by atoms with E-state index < -0.39 is 0 Å². The number of benzene rings is 1. The van der Waals surface area contributed by atoms with Crippen LogP contribution in [0, 0.1) is 6.92 Å². The highest BCUT2D eigenvalue weighted by atomic mass is 15.3. The van der Waals surface area contributed by atoms with Crippen molar-refractivity contribution >= 4 is 5.96 Å². The Balaban J connectivity index is 2.59. The summed E-state index contributed by atoms with van der Waals surface area (Å²) in [7, 11) is 8.08. The van der Waals surface area contributed by atoms with Gasteiger partial charge in [0.25, 0.3) is 0 Å². The molecule has 1 rings (SSSR count). The Kier molecular flexibility index (Phi) is 5.01. The van der Waals surface area contributed by atoms with Gasteiger partial charge in [-0.25, -0.2) is 0 Å². The molecule has 0 aliphatic rings. The lowest BCUT2D eigenvalue weighted by Gasteiger charge is -2.22. The summed E-state index contributed by atoms with van der Waals surface area (Å²) in [6.07, 6.45) is 0.993. The van der Waals surface area contributed by atoms with Crippen LogP contribution in [0.5, 0.6) is 0 Å². The van der Waals surface area contributed by atoms with E-state index in [-0.39, 0.29) is 0 Å². The first-order valence-corrected chi connectivity index (χ1v) is 5.95. The maximum Gasteiger partial charge on any atom is 0.195 e. The van der Waals surface area contributed by atoms with Gasteiger partial charge in [0, 0.05) is 34.7 Å². The zero-order valence-electron chi connectivity index (χ0n) is 11.6. The molecule has 3 heteroatoms. The molecule has 0 amide bonds. The first kappa shape index (κ1) is 13.6. The molecule has 94 valence electrons. The predicted octanol–water partition coefficient (Wildman–Crippen LogP) is 2.02. The van der Waals surface area contributed by atoms with Crippen LogP contribution in [0.3, 0.4) is 0 Å². The molecule has 1 aromatic carbocycles. The monoisotopic (exact) mass is 233 g/mol. The largest absolute Gasteiger partial charge is 0.349 e. The number of hydrogen-bond acceptors (Lipinski definition) is 1. The molecule has 0 unspecified atom stereocenters. The van der Waals surface area contributed by atoms with E-state index >= 15 is 0 Å². The van der Waals surface area contributed by atoms with Gasteiger partial charge in [-0.15, -0.1) is 0 Å². The van der Waals surface area contributed by atoms with Crippen molar-refractivity contribution in [2.45, 2.75) is 13.3 Å². The Morgan fingerprint density at radius 1 is 1.12 bits per heavy atom. The summed E-state index contributed by atoms with van der Waals surface area (Å²) in [5.74, 6) is 1.01. The minimum Gasteiger partial charge on any atom is -0.349 e. The second-order valence-corrected chi connectivity index (χ2v) is 4.71. The molecule has 0 radical (unpaired) electrons. The van der Waals surface area contributed by atoms with Gasteiger partial charge in [-0.05, 0) is 18.9 Å². The number of rotatable bonds is 3. The van der Waals surface area contributed by atoms with Gasteiger partial charge in [0.15, 0.2) is 5.96 Å². The van der Waals surface area contributed by atoms with Crippen molar-refractivity contribution < 1.29 is 0 Å². The molecule has 0 saturated heterocycles. The third-order valence-electron chi connectivity index (χ3n) is 2.54. The number of hydrogen-bond donors (Lipinski definition) is 0. The van der Waals surface area contributed by atoms with Crippen molar-refractivity contribution in [3.05, 3.63) is 35.4 Å². The average Bonchev–Trinajstić information content (AvgIpc) is 2.23. The van der Waals surface area contributed by atoms with E-state index in [1.807, 2.05) is 38.0 Å².